The van der Waals surface area contributed by atoms with Crippen molar-refractivity contribution in [2.75, 3.05) is 28.2 Å². The van der Waals surface area contributed by atoms with E-state index in [9.17, 15) is 0 Å². The lowest BCUT2D eigenvalue weighted by Crippen LogP contribution is -2.65. The normalized spacial score (nSPS) is 14.2. The highest BCUT2D eigenvalue weighted by atomic mass is 31.1. The van der Waals surface area contributed by atoms with Gasteiger partial charge in [-0.1, -0.05) is 149 Å². The zero-order valence-corrected chi connectivity index (χ0v) is 27.3. The smallest absolute Gasteiger partial charge is 0.0350 e. The van der Waals surface area contributed by atoms with Crippen molar-refractivity contribution < 1.29 is 0 Å². The number of hydrogen-bond donors (Lipinski definition) is 0. The third kappa shape index (κ3) is 6.42. The quantitative estimate of drug-likeness (QED) is 0.187. The van der Waals surface area contributed by atoms with E-state index in [0.717, 1.165) is 0 Å². The Morgan fingerprint density at radius 2 is 0.600 bits per heavy atom. The minimum atomic E-state index is -0.659. The number of benzene rings is 4. The van der Waals surface area contributed by atoms with Gasteiger partial charge < -0.3 is 9.80 Å². The summed E-state index contributed by atoms with van der Waals surface area (Å²) >= 11 is 0. The van der Waals surface area contributed by atoms with Crippen molar-refractivity contribution in [2.45, 2.75) is 50.1 Å². The minimum Gasteiger partial charge on any atom is -0.304 e. The summed E-state index contributed by atoms with van der Waals surface area (Å²) in [5.41, 5.74) is 0. The molecule has 0 spiro atoms. The number of likely N-dealkylation sites (N-methyl/N-ethyl adjacent to an activating group) is 2. The van der Waals surface area contributed by atoms with Crippen molar-refractivity contribution in [2.24, 2.45) is 0 Å². The minimum absolute atomic E-state index is 0.0396. The predicted octanol–water partition coefficient (Wildman–Crippen LogP) is 6.67. The van der Waals surface area contributed by atoms with Crippen molar-refractivity contribution >= 4 is 37.1 Å². The molecule has 0 saturated heterocycles. The molecule has 0 aromatic heterocycles. The second-order valence-electron chi connectivity index (χ2n) is 12.1. The zero-order chi connectivity index (χ0) is 28.9. The molecular weight excluding hydrogens is 522 g/mol. The Balaban J connectivity index is 1.91. The summed E-state index contributed by atoms with van der Waals surface area (Å²) in [5, 5.41) is 5.66. The third-order valence-electron chi connectivity index (χ3n) is 8.07. The first kappa shape index (κ1) is 30.6. The van der Waals surface area contributed by atoms with Crippen molar-refractivity contribution in [1.29, 1.82) is 0 Å². The molecule has 40 heavy (non-hydrogen) atoms. The molecule has 210 valence electrons. The van der Waals surface area contributed by atoms with Gasteiger partial charge in [0.05, 0.1) is 0 Å². The van der Waals surface area contributed by atoms with E-state index < -0.39 is 15.8 Å². The summed E-state index contributed by atoms with van der Waals surface area (Å²) < 4.78 is 0. The molecule has 0 aliphatic rings. The molecule has 4 aromatic rings. The van der Waals surface area contributed by atoms with Gasteiger partial charge in [0, 0.05) is 22.4 Å². The first-order valence-electron chi connectivity index (χ1n) is 14.2. The Kier molecular flexibility index (Phi) is 10.0. The van der Waals surface area contributed by atoms with Gasteiger partial charge in [-0.3, -0.25) is 0 Å². The summed E-state index contributed by atoms with van der Waals surface area (Å²) in [6, 6.07) is 45.4. The molecule has 0 N–H and O–H groups in total. The fraction of sp³-hybridized carbons (Fsp3) is 0.333. The van der Waals surface area contributed by atoms with Crippen LogP contribution in [0.15, 0.2) is 121 Å². The van der Waals surface area contributed by atoms with Crippen LogP contribution in [0.5, 0.6) is 0 Å². The summed E-state index contributed by atoms with van der Waals surface area (Å²) in [7, 11) is 7.83. The van der Waals surface area contributed by atoms with E-state index in [4.69, 9.17) is 0 Å². The lowest BCUT2D eigenvalue weighted by atomic mass is 9.85. The van der Waals surface area contributed by atoms with Crippen LogP contribution in [0.4, 0.5) is 0 Å². The van der Waals surface area contributed by atoms with Gasteiger partial charge >= 0.3 is 0 Å². The Morgan fingerprint density at radius 3 is 0.775 bits per heavy atom. The second-order valence-corrected chi connectivity index (χ2v) is 17.8. The van der Waals surface area contributed by atoms with E-state index in [1.165, 1.54) is 21.2 Å². The Labute approximate surface area is 246 Å². The molecule has 0 aliphatic heterocycles. The lowest BCUT2D eigenvalue weighted by Gasteiger charge is -2.56. The van der Waals surface area contributed by atoms with Gasteiger partial charge in [-0.05, 0) is 65.3 Å². The maximum atomic E-state index is 2.52. The van der Waals surface area contributed by atoms with E-state index in [1.54, 1.807) is 0 Å². The maximum absolute atomic E-state index is 2.52. The summed E-state index contributed by atoms with van der Waals surface area (Å²) in [6.45, 7) is 10.1. The van der Waals surface area contributed by atoms with Crippen LogP contribution in [-0.4, -0.2) is 60.4 Å². The van der Waals surface area contributed by atoms with E-state index in [2.05, 4.69) is 187 Å². The molecule has 0 aliphatic carbocycles. The predicted molar refractivity (Wildman–Crippen MR) is 181 cm³/mol. The van der Waals surface area contributed by atoms with E-state index in [-0.39, 0.29) is 22.4 Å². The van der Waals surface area contributed by atoms with Crippen LogP contribution in [0, 0.1) is 0 Å². The van der Waals surface area contributed by atoms with Gasteiger partial charge in [0.2, 0.25) is 0 Å². The molecule has 0 heterocycles. The topological polar surface area (TPSA) is 6.48 Å². The first-order chi connectivity index (χ1) is 19.1. The van der Waals surface area contributed by atoms with Crippen LogP contribution >= 0.6 is 15.8 Å². The standard InChI is InChI=1S/C36H46N2P2/c1-35(2,39(29-21-13-9-14-22-29)30-23-15-10-16-24-30)33(37(5)6)34(38(7)8)36(3,4)40(31-25-17-11-18-26-31)32-27-19-12-20-28-32/h9-28,33-34H,1-8H3/t33-,34?/m0/s1. The third-order valence-corrected chi connectivity index (χ3v) is 14.2. The van der Waals surface area contributed by atoms with Gasteiger partial charge in [0.25, 0.3) is 0 Å². The average Bonchev–Trinajstić information content (AvgIpc) is 2.93. The second kappa shape index (κ2) is 13.1. The van der Waals surface area contributed by atoms with E-state index in [0.29, 0.717) is 0 Å². The highest BCUT2D eigenvalue weighted by Crippen LogP contribution is 2.57. The van der Waals surface area contributed by atoms with Crippen molar-refractivity contribution in [3.05, 3.63) is 121 Å². The molecule has 1 unspecified atom stereocenters. The zero-order valence-electron chi connectivity index (χ0n) is 25.5. The van der Waals surface area contributed by atoms with Gasteiger partial charge in [0.15, 0.2) is 0 Å². The summed E-state index contributed by atoms with van der Waals surface area (Å²) in [6.07, 6.45) is 0. The molecule has 0 radical (unpaired) electrons. The fourth-order valence-electron chi connectivity index (χ4n) is 6.80. The van der Waals surface area contributed by atoms with E-state index in [1.807, 2.05) is 0 Å². The fourth-order valence-corrected chi connectivity index (χ4v) is 13.2. The van der Waals surface area contributed by atoms with Gasteiger partial charge in [0.1, 0.15) is 0 Å². The van der Waals surface area contributed by atoms with Crippen LogP contribution in [0.3, 0.4) is 0 Å². The SMILES string of the molecule is CN(C)C([C@H](N(C)C)C(C)(C)P(c1ccccc1)c1ccccc1)C(C)(C)P(c1ccccc1)c1ccccc1. The number of hydrogen-bond acceptors (Lipinski definition) is 2. The lowest BCUT2D eigenvalue weighted by molar-refractivity contribution is 0.103. The number of nitrogens with zero attached hydrogens (tertiary/aromatic N) is 2. The molecule has 0 fully saturated rings. The monoisotopic (exact) mass is 568 g/mol. The van der Waals surface area contributed by atoms with Crippen LogP contribution < -0.4 is 21.2 Å². The summed E-state index contributed by atoms with van der Waals surface area (Å²) in [4.78, 5) is 5.02. The molecule has 0 amide bonds. The Bertz CT molecular complexity index is 1120. The van der Waals surface area contributed by atoms with Crippen LogP contribution in [0.25, 0.3) is 0 Å². The van der Waals surface area contributed by atoms with Gasteiger partial charge in [-0.15, -0.1) is 0 Å². The molecule has 2 nitrogen and oxygen atoms in total. The highest BCUT2D eigenvalue weighted by molar-refractivity contribution is 7.75. The van der Waals surface area contributed by atoms with Gasteiger partial charge in [-0.25, -0.2) is 0 Å². The molecule has 4 rings (SSSR count). The van der Waals surface area contributed by atoms with Gasteiger partial charge in [-0.2, -0.15) is 0 Å². The highest BCUT2D eigenvalue weighted by Gasteiger charge is 2.52. The molecule has 4 heteroatoms. The van der Waals surface area contributed by atoms with Crippen molar-refractivity contribution in [3.8, 4) is 0 Å². The van der Waals surface area contributed by atoms with Crippen molar-refractivity contribution in [1.82, 2.24) is 9.80 Å². The Morgan fingerprint density at radius 1 is 0.400 bits per heavy atom. The van der Waals surface area contributed by atoms with E-state index >= 15 is 0 Å². The molecule has 4 aromatic carbocycles. The van der Waals surface area contributed by atoms with Crippen LogP contribution in [-0.2, 0) is 0 Å². The number of rotatable bonds is 11. The van der Waals surface area contributed by atoms with Crippen LogP contribution in [0.2, 0.25) is 0 Å². The average molecular weight is 569 g/mol. The molecule has 0 saturated carbocycles. The largest absolute Gasteiger partial charge is 0.304 e. The van der Waals surface area contributed by atoms with Crippen LogP contribution in [0.1, 0.15) is 27.7 Å². The maximum Gasteiger partial charge on any atom is 0.0350 e. The first-order valence-corrected chi connectivity index (χ1v) is 16.9. The molecular formula is C36H46N2P2. The van der Waals surface area contributed by atoms with Crippen molar-refractivity contribution in [3.63, 3.8) is 0 Å². The summed E-state index contributed by atoms with van der Waals surface area (Å²) in [5.74, 6) is 0. The molecule has 0 bridgehead atoms. The Hall–Kier alpha value is -2.34. The molecule has 2 atom stereocenters.